The number of rotatable bonds is 9. The van der Waals surface area contributed by atoms with Gasteiger partial charge in [0.2, 0.25) is 0 Å². The van der Waals surface area contributed by atoms with Gasteiger partial charge in [-0.3, -0.25) is 9.78 Å². The summed E-state index contributed by atoms with van der Waals surface area (Å²) in [5.41, 5.74) is 1.93. The molecule has 0 amide bonds. The van der Waals surface area contributed by atoms with Crippen LogP contribution in [0.25, 0.3) is 11.1 Å². The maximum Gasteiger partial charge on any atom is 0.305 e. The van der Waals surface area contributed by atoms with E-state index in [1.54, 1.807) is 25.3 Å². The number of hydrogen-bond acceptors (Lipinski definition) is 4. The highest BCUT2D eigenvalue weighted by molar-refractivity contribution is 5.69. The van der Waals surface area contributed by atoms with Gasteiger partial charge in [0.15, 0.2) is 17.4 Å². The van der Waals surface area contributed by atoms with E-state index in [9.17, 15) is 13.6 Å². The van der Waals surface area contributed by atoms with Crippen LogP contribution in [0.4, 0.5) is 8.78 Å². The average Bonchev–Trinajstić information content (AvgIpc) is 2.60. The highest BCUT2D eigenvalue weighted by atomic mass is 19.1. The minimum absolute atomic E-state index is 0.0253. The number of hydrogen-bond donors (Lipinski definition) is 0. The zero-order valence-corrected chi connectivity index (χ0v) is 15.9. The lowest BCUT2D eigenvalue weighted by Crippen LogP contribution is -2.08. The van der Waals surface area contributed by atoms with Crippen LogP contribution in [0.3, 0.4) is 0 Å². The van der Waals surface area contributed by atoms with Crippen LogP contribution >= 0.6 is 0 Å². The van der Waals surface area contributed by atoms with Crippen LogP contribution in [-0.2, 0) is 16.0 Å². The smallest absolute Gasteiger partial charge is 0.305 e. The number of ether oxygens (including phenoxy) is 2. The van der Waals surface area contributed by atoms with Crippen LogP contribution in [-0.4, -0.2) is 24.2 Å². The number of carbonyl (C=O) groups is 1. The van der Waals surface area contributed by atoms with E-state index in [1.807, 2.05) is 0 Å². The van der Waals surface area contributed by atoms with E-state index in [0.717, 1.165) is 5.69 Å². The van der Waals surface area contributed by atoms with Gasteiger partial charge in [0.1, 0.15) is 0 Å². The molecule has 0 unspecified atom stereocenters. The number of esters is 1. The van der Waals surface area contributed by atoms with Gasteiger partial charge in [-0.1, -0.05) is 19.9 Å². The molecule has 0 radical (unpaired) electrons. The lowest BCUT2D eigenvalue weighted by molar-refractivity contribution is -0.143. The average molecular weight is 377 g/mol. The lowest BCUT2D eigenvalue weighted by atomic mass is 9.98. The molecular weight excluding hydrogens is 352 g/mol. The van der Waals surface area contributed by atoms with E-state index >= 15 is 0 Å². The summed E-state index contributed by atoms with van der Waals surface area (Å²) in [4.78, 5) is 15.6. The van der Waals surface area contributed by atoms with E-state index in [4.69, 9.17) is 9.47 Å². The van der Waals surface area contributed by atoms with E-state index < -0.39 is 17.4 Å². The monoisotopic (exact) mass is 377 g/mol. The summed E-state index contributed by atoms with van der Waals surface area (Å²) in [5, 5.41) is 0. The van der Waals surface area contributed by atoms with Crippen LogP contribution in [0.2, 0.25) is 0 Å². The Balaban J connectivity index is 2.12. The number of carbonyl (C=O) groups excluding carboxylic acids is 1. The fourth-order valence-corrected chi connectivity index (χ4v) is 2.73. The normalized spacial score (nSPS) is 10.9. The first kappa shape index (κ1) is 20.8. The molecule has 2 rings (SSSR count). The van der Waals surface area contributed by atoms with Crippen LogP contribution in [0, 0.1) is 17.6 Å². The van der Waals surface area contributed by atoms with Crippen molar-refractivity contribution >= 4 is 5.97 Å². The third-order valence-corrected chi connectivity index (χ3v) is 3.88. The molecule has 6 heteroatoms. The first-order valence-electron chi connectivity index (χ1n) is 9.14. The Morgan fingerprint density at radius 2 is 1.93 bits per heavy atom. The Labute approximate surface area is 158 Å². The fraction of sp³-hybridized carbons (Fsp3) is 0.429. The molecule has 0 saturated heterocycles. The Morgan fingerprint density at radius 1 is 1.22 bits per heavy atom. The molecule has 0 aliphatic heterocycles. The molecule has 1 aromatic heterocycles. The Hall–Kier alpha value is -2.50. The summed E-state index contributed by atoms with van der Waals surface area (Å²) in [6.45, 7) is 6.17. The van der Waals surface area contributed by atoms with E-state index in [1.165, 1.54) is 12.1 Å². The largest absolute Gasteiger partial charge is 0.488 e. The molecule has 1 aromatic carbocycles. The van der Waals surface area contributed by atoms with Gasteiger partial charge in [0, 0.05) is 23.9 Å². The third kappa shape index (κ3) is 6.01. The van der Waals surface area contributed by atoms with E-state index in [0.29, 0.717) is 36.5 Å². The topological polar surface area (TPSA) is 48.4 Å². The van der Waals surface area contributed by atoms with Crippen molar-refractivity contribution in [3.05, 3.63) is 47.8 Å². The predicted octanol–water partition coefficient (Wildman–Crippen LogP) is 4.95. The van der Waals surface area contributed by atoms with Crippen LogP contribution in [0.15, 0.2) is 30.5 Å². The molecule has 0 atom stereocenters. The van der Waals surface area contributed by atoms with Crippen molar-refractivity contribution in [1.82, 2.24) is 4.98 Å². The number of halogens is 2. The summed E-state index contributed by atoms with van der Waals surface area (Å²) in [7, 11) is 0. The van der Waals surface area contributed by atoms with Crippen LogP contribution in [0.1, 0.15) is 39.3 Å². The second-order valence-corrected chi connectivity index (χ2v) is 6.62. The number of aromatic nitrogens is 1. The number of pyridine rings is 1. The van der Waals surface area contributed by atoms with Crippen molar-refractivity contribution in [2.24, 2.45) is 5.92 Å². The maximum atomic E-state index is 14.4. The van der Waals surface area contributed by atoms with Crippen LogP contribution in [0.5, 0.6) is 5.75 Å². The van der Waals surface area contributed by atoms with E-state index in [2.05, 4.69) is 18.8 Å². The molecule has 27 heavy (non-hydrogen) atoms. The molecule has 1 heterocycles. The molecule has 4 nitrogen and oxygen atoms in total. The van der Waals surface area contributed by atoms with Crippen molar-refractivity contribution in [3.8, 4) is 16.9 Å². The second-order valence-electron chi connectivity index (χ2n) is 6.62. The van der Waals surface area contributed by atoms with Gasteiger partial charge < -0.3 is 9.47 Å². The molecular formula is C21H25F2NO3. The SMILES string of the molecule is CCOC(=O)CCCOc1c(F)cc(-c2cccnc2CC(C)C)cc1F. The number of benzene rings is 1. The molecule has 0 fully saturated rings. The van der Waals surface area contributed by atoms with Crippen molar-refractivity contribution in [3.63, 3.8) is 0 Å². The van der Waals surface area contributed by atoms with Gasteiger partial charge >= 0.3 is 5.97 Å². The van der Waals surface area contributed by atoms with Gasteiger partial charge in [-0.25, -0.2) is 8.78 Å². The predicted molar refractivity (Wildman–Crippen MR) is 99.5 cm³/mol. The first-order valence-corrected chi connectivity index (χ1v) is 9.14. The second kappa shape index (κ2) is 10.00. The minimum atomic E-state index is -0.777. The molecule has 2 aromatic rings. The van der Waals surface area contributed by atoms with E-state index in [-0.39, 0.29) is 19.0 Å². The zero-order chi connectivity index (χ0) is 19.8. The third-order valence-electron chi connectivity index (χ3n) is 3.88. The van der Waals surface area contributed by atoms with Gasteiger partial charge in [0.05, 0.1) is 13.2 Å². The summed E-state index contributed by atoms with van der Waals surface area (Å²) >= 11 is 0. The zero-order valence-electron chi connectivity index (χ0n) is 15.9. The quantitative estimate of drug-likeness (QED) is 0.458. The first-order chi connectivity index (χ1) is 12.9. The van der Waals surface area contributed by atoms with Gasteiger partial charge in [-0.15, -0.1) is 0 Å². The fourth-order valence-electron chi connectivity index (χ4n) is 2.73. The Morgan fingerprint density at radius 3 is 2.56 bits per heavy atom. The molecule has 146 valence electrons. The molecule has 0 saturated carbocycles. The highest BCUT2D eigenvalue weighted by Gasteiger charge is 2.16. The van der Waals surface area contributed by atoms with Crippen molar-refractivity contribution < 1.29 is 23.0 Å². The Kier molecular flexibility index (Phi) is 7.70. The summed E-state index contributed by atoms with van der Waals surface area (Å²) in [6, 6.07) is 6.06. The van der Waals surface area contributed by atoms with Gasteiger partial charge in [-0.2, -0.15) is 0 Å². The van der Waals surface area contributed by atoms with Gasteiger partial charge in [-0.05, 0) is 49.4 Å². The van der Waals surface area contributed by atoms with Crippen LogP contribution < -0.4 is 4.74 Å². The number of nitrogens with zero attached hydrogens (tertiary/aromatic N) is 1. The van der Waals surface area contributed by atoms with Crippen molar-refractivity contribution in [2.75, 3.05) is 13.2 Å². The summed E-state index contributed by atoms with van der Waals surface area (Å²) in [5.74, 6) is -1.97. The maximum absolute atomic E-state index is 14.4. The lowest BCUT2D eigenvalue weighted by Gasteiger charge is -2.13. The summed E-state index contributed by atoms with van der Waals surface area (Å²) in [6.07, 6.45) is 2.85. The van der Waals surface area contributed by atoms with Gasteiger partial charge in [0.25, 0.3) is 0 Å². The minimum Gasteiger partial charge on any atom is -0.488 e. The molecule has 0 aliphatic rings. The molecule has 0 N–H and O–H groups in total. The molecule has 0 bridgehead atoms. The molecule has 0 spiro atoms. The van der Waals surface area contributed by atoms with Crippen molar-refractivity contribution in [1.29, 1.82) is 0 Å². The van der Waals surface area contributed by atoms with Crippen molar-refractivity contribution in [2.45, 2.75) is 40.0 Å². The summed E-state index contributed by atoms with van der Waals surface area (Å²) < 4.78 is 38.8. The highest BCUT2D eigenvalue weighted by Crippen LogP contribution is 2.31. The molecule has 0 aliphatic carbocycles. The Bertz CT molecular complexity index is 755. The standard InChI is InChI=1S/C21H25F2NO3/c1-4-26-20(25)8-6-10-27-21-17(22)12-15(13-18(21)23)16-7-5-9-24-19(16)11-14(2)3/h5,7,9,12-14H,4,6,8,10-11H2,1-3H3.